The maximum atomic E-state index is 5.35. The molecule has 1 fully saturated rings. The van der Waals surface area contributed by atoms with E-state index in [0.29, 0.717) is 12.0 Å². The molecule has 1 atom stereocenters. The van der Waals surface area contributed by atoms with Gasteiger partial charge in [-0.05, 0) is 26.3 Å². The molecule has 2 aliphatic rings. The summed E-state index contributed by atoms with van der Waals surface area (Å²) in [5.41, 5.74) is 2.62. The van der Waals surface area contributed by atoms with Crippen molar-refractivity contribution in [3.05, 3.63) is 17.0 Å². The second-order valence-corrected chi connectivity index (χ2v) is 4.06. The smallest absolute Gasteiger partial charge is 0.141 e. The fourth-order valence-electron chi connectivity index (χ4n) is 2.26. The van der Waals surface area contributed by atoms with Crippen molar-refractivity contribution in [3.8, 4) is 0 Å². The summed E-state index contributed by atoms with van der Waals surface area (Å²) < 4.78 is 5.35. The highest BCUT2D eigenvalue weighted by atomic mass is 16.5. The van der Waals surface area contributed by atoms with Gasteiger partial charge in [-0.2, -0.15) is 0 Å². The summed E-state index contributed by atoms with van der Waals surface area (Å²) in [5.74, 6) is 1.84. The summed E-state index contributed by atoms with van der Waals surface area (Å²) in [6.07, 6.45) is 4.83. The molecule has 1 aromatic rings. The van der Waals surface area contributed by atoms with Gasteiger partial charge in [-0.15, -0.1) is 0 Å². The Morgan fingerprint density at radius 1 is 1.38 bits per heavy atom. The normalized spacial score (nSPS) is 26.4. The van der Waals surface area contributed by atoms with Crippen LogP contribution in [0.5, 0.6) is 0 Å². The van der Waals surface area contributed by atoms with E-state index in [0.717, 1.165) is 12.2 Å². The van der Waals surface area contributed by atoms with Crippen LogP contribution in [-0.2, 0) is 6.42 Å². The monoisotopic (exact) mass is 178 g/mol. The van der Waals surface area contributed by atoms with E-state index in [9.17, 15) is 0 Å². The Morgan fingerprint density at radius 2 is 2.23 bits per heavy atom. The third-order valence-corrected chi connectivity index (χ3v) is 3.15. The Balaban J connectivity index is 2.03. The Bertz CT molecular complexity index is 328. The summed E-state index contributed by atoms with van der Waals surface area (Å²) in [5, 5.41) is 7.51. The molecular weight excluding hydrogens is 164 g/mol. The topological polar surface area (TPSA) is 38.1 Å². The van der Waals surface area contributed by atoms with E-state index in [2.05, 4.69) is 10.5 Å². The van der Waals surface area contributed by atoms with Gasteiger partial charge in [0.1, 0.15) is 5.76 Å². The van der Waals surface area contributed by atoms with Gasteiger partial charge in [-0.25, -0.2) is 0 Å². The number of hydrogen-bond donors (Lipinski definition) is 1. The van der Waals surface area contributed by atoms with Crippen molar-refractivity contribution >= 4 is 0 Å². The zero-order valence-corrected chi connectivity index (χ0v) is 7.84. The van der Waals surface area contributed by atoms with Gasteiger partial charge in [-0.1, -0.05) is 5.16 Å². The van der Waals surface area contributed by atoms with Crippen molar-refractivity contribution in [2.75, 3.05) is 7.05 Å². The van der Waals surface area contributed by atoms with Crippen molar-refractivity contribution < 1.29 is 4.52 Å². The first-order valence-corrected chi connectivity index (χ1v) is 5.05. The molecule has 0 bridgehead atoms. The molecule has 1 aromatic heterocycles. The first-order chi connectivity index (χ1) is 6.40. The molecule has 3 nitrogen and oxygen atoms in total. The van der Waals surface area contributed by atoms with Crippen LogP contribution in [0, 0.1) is 0 Å². The molecular formula is C10H14N2O. The van der Waals surface area contributed by atoms with Crippen LogP contribution in [0.25, 0.3) is 0 Å². The fourth-order valence-corrected chi connectivity index (χ4v) is 2.26. The standard InChI is InChI=1S/C10H14N2O/c1-11-7-4-5-8-9(7)10(12-13-8)6-2-3-6/h6-7,11H,2-5H2,1H3. The van der Waals surface area contributed by atoms with Gasteiger partial charge in [0.15, 0.2) is 0 Å². The average Bonchev–Trinajstić information content (AvgIpc) is 2.78. The molecule has 3 heteroatoms. The van der Waals surface area contributed by atoms with Crippen molar-refractivity contribution in [2.45, 2.75) is 37.6 Å². The van der Waals surface area contributed by atoms with Crippen LogP contribution in [0.1, 0.15) is 48.2 Å². The van der Waals surface area contributed by atoms with E-state index >= 15 is 0 Å². The van der Waals surface area contributed by atoms with E-state index in [4.69, 9.17) is 4.52 Å². The maximum absolute atomic E-state index is 5.35. The van der Waals surface area contributed by atoms with Crippen LogP contribution >= 0.6 is 0 Å². The van der Waals surface area contributed by atoms with Gasteiger partial charge in [0.25, 0.3) is 0 Å². The van der Waals surface area contributed by atoms with Crippen LogP contribution < -0.4 is 5.32 Å². The zero-order valence-electron chi connectivity index (χ0n) is 7.84. The lowest BCUT2D eigenvalue weighted by Gasteiger charge is -2.08. The number of hydrogen-bond acceptors (Lipinski definition) is 3. The summed E-state index contributed by atoms with van der Waals surface area (Å²) in [4.78, 5) is 0. The Labute approximate surface area is 77.5 Å². The number of aryl methyl sites for hydroxylation is 1. The summed E-state index contributed by atoms with van der Waals surface area (Å²) >= 11 is 0. The minimum Gasteiger partial charge on any atom is -0.361 e. The molecule has 1 heterocycles. The molecule has 0 spiro atoms. The molecule has 2 aliphatic carbocycles. The Morgan fingerprint density at radius 3 is 2.92 bits per heavy atom. The van der Waals surface area contributed by atoms with Crippen molar-refractivity contribution in [2.24, 2.45) is 0 Å². The highest BCUT2D eigenvalue weighted by Crippen LogP contribution is 2.46. The highest BCUT2D eigenvalue weighted by molar-refractivity contribution is 5.35. The molecule has 70 valence electrons. The number of rotatable bonds is 2. The minimum absolute atomic E-state index is 0.497. The van der Waals surface area contributed by atoms with E-state index in [1.807, 2.05) is 7.05 Å². The molecule has 1 N–H and O–H groups in total. The summed E-state index contributed by atoms with van der Waals surface area (Å²) in [6, 6.07) is 0.497. The van der Waals surface area contributed by atoms with Crippen molar-refractivity contribution in [1.29, 1.82) is 0 Å². The molecule has 3 rings (SSSR count). The molecule has 0 amide bonds. The first-order valence-electron chi connectivity index (χ1n) is 5.05. The minimum atomic E-state index is 0.497. The fraction of sp³-hybridized carbons (Fsp3) is 0.700. The molecule has 13 heavy (non-hydrogen) atoms. The maximum Gasteiger partial charge on any atom is 0.141 e. The highest BCUT2D eigenvalue weighted by Gasteiger charge is 2.36. The van der Waals surface area contributed by atoms with E-state index in [-0.39, 0.29) is 0 Å². The molecule has 0 aliphatic heterocycles. The predicted molar refractivity (Wildman–Crippen MR) is 48.6 cm³/mol. The number of nitrogens with one attached hydrogen (secondary N) is 1. The van der Waals surface area contributed by atoms with Crippen LogP contribution in [0.3, 0.4) is 0 Å². The second-order valence-electron chi connectivity index (χ2n) is 4.06. The Kier molecular flexibility index (Phi) is 1.50. The summed E-state index contributed by atoms with van der Waals surface area (Å²) in [7, 11) is 2.02. The van der Waals surface area contributed by atoms with Gasteiger partial charge >= 0.3 is 0 Å². The molecule has 1 saturated carbocycles. The molecule has 0 saturated heterocycles. The second kappa shape index (κ2) is 2.58. The van der Waals surface area contributed by atoms with E-state index < -0.39 is 0 Å². The predicted octanol–water partition coefficient (Wildman–Crippen LogP) is 1.76. The SMILES string of the molecule is CNC1CCc2onc(C3CC3)c21. The van der Waals surface area contributed by atoms with Crippen molar-refractivity contribution in [3.63, 3.8) is 0 Å². The molecule has 0 radical (unpaired) electrons. The summed E-state index contributed by atoms with van der Waals surface area (Å²) in [6.45, 7) is 0. The van der Waals surface area contributed by atoms with E-state index in [1.165, 1.54) is 30.5 Å². The van der Waals surface area contributed by atoms with Crippen LogP contribution in [0.2, 0.25) is 0 Å². The Hall–Kier alpha value is -0.830. The van der Waals surface area contributed by atoms with Crippen LogP contribution in [0.15, 0.2) is 4.52 Å². The molecule has 0 aromatic carbocycles. The van der Waals surface area contributed by atoms with Crippen LogP contribution in [-0.4, -0.2) is 12.2 Å². The van der Waals surface area contributed by atoms with Gasteiger partial charge in [0, 0.05) is 23.9 Å². The number of aromatic nitrogens is 1. The van der Waals surface area contributed by atoms with Gasteiger partial charge in [0.2, 0.25) is 0 Å². The van der Waals surface area contributed by atoms with Gasteiger partial charge < -0.3 is 9.84 Å². The lowest BCUT2D eigenvalue weighted by Crippen LogP contribution is -2.14. The third-order valence-electron chi connectivity index (χ3n) is 3.15. The zero-order chi connectivity index (χ0) is 8.84. The average molecular weight is 178 g/mol. The van der Waals surface area contributed by atoms with Crippen molar-refractivity contribution in [1.82, 2.24) is 10.5 Å². The quantitative estimate of drug-likeness (QED) is 0.749. The van der Waals surface area contributed by atoms with Gasteiger partial charge in [0.05, 0.1) is 5.69 Å². The first kappa shape index (κ1) is 7.56. The number of nitrogens with zero attached hydrogens (tertiary/aromatic N) is 1. The lowest BCUT2D eigenvalue weighted by molar-refractivity contribution is 0.378. The number of fused-ring (bicyclic) bond motifs is 1. The molecule has 1 unspecified atom stereocenters. The third kappa shape index (κ3) is 1.03. The lowest BCUT2D eigenvalue weighted by atomic mass is 10.1. The van der Waals surface area contributed by atoms with Crippen LogP contribution in [0.4, 0.5) is 0 Å². The van der Waals surface area contributed by atoms with E-state index in [1.54, 1.807) is 0 Å². The van der Waals surface area contributed by atoms with Gasteiger partial charge in [-0.3, -0.25) is 0 Å². The largest absolute Gasteiger partial charge is 0.361 e.